The molecular formula is C14H28N2. The van der Waals surface area contributed by atoms with Gasteiger partial charge in [-0.15, -0.1) is 0 Å². The maximum Gasteiger partial charge on any atom is 0.00822 e. The first kappa shape index (κ1) is 12.4. The van der Waals surface area contributed by atoms with Gasteiger partial charge in [0, 0.05) is 12.1 Å². The smallest absolute Gasteiger partial charge is 0.00822 e. The molecule has 0 radical (unpaired) electrons. The van der Waals surface area contributed by atoms with Gasteiger partial charge in [0.25, 0.3) is 0 Å². The first-order valence-corrected chi connectivity index (χ1v) is 7.33. The molecule has 2 heteroatoms. The lowest BCUT2D eigenvalue weighted by Crippen LogP contribution is -2.42. The summed E-state index contributed by atoms with van der Waals surface area (Å²) in [6, 6.07) is 1.51. The van der Waals surface area contributed by atoms with Gasteiger partial charge in [0.2, 0.25) is 0 Å². The van der Waals surface area contributed by atoms with Crippen LogP contribution in [0.5, 0.6) is 0 Å². The van der Waals surface area contributed by atoms with Crippen molar-refractivity contribution >= 4 is 0 Å². The summed E-state index contributed by atoms with van der Waals surface area (Å²) in [7, 11) is 0. The Kier molecular flexibility index (Phi) is 5.11. The Morgan fingerprint density at radius 2 is 1.75 bits per heavy atom. The van der Waals surface area contributed by atoms with E-state index in [0.717, 1.165) is 18.0 Å². The molecule has 0 bridgehead atoms. The molecule has 1 saturated heterocycles. The Bertz CT molecular complexity index is 179. The van der Waals surface area contributed by atoms with Crippen molar-refractivity contribution in [3.63, 3.8) is 0 Å². The van der Waals surface area contributed by atoms with Crippen LogP contribution in [-0.4, -0.2) is 25.2 Å². The van der Waals surface area contributed by atoms with Crippen molar-refractivity contribution in [3.8, 4) is 0 Å². The molecular weight excluding hydrogens is 196 g/mol. The van der Waals surface area contributed by atoms with Gasteiger partial charge >= 0.3 is 0 Å². The molecule has 2 nitrogen and oxygen atoms in total. The molecule has 1 aliphatic carbocycles. The predicted octanol–water partition coefficient (Wildman–Crippen LogP) is 2.69. The molecule has 1 unspecified atom stereocenters. The van der Waals surface area contributed by atoms with Gasteiger partial charge < -0.3 is 10.6 Å². The van der Waals surface area contributed by atoms with E-state index < -0.39 is 0 Å². The lowest BCUT2D eigenvalue weighted by atomic mass is 9.84. The topological polar surface area (TPSA) is 24.1 Å². The Morgan fingerprint density at radius 1 is 0.938 bits per heavy atom. The van der Waals surface area contributed by atoms with E-state index >= 15 is 0 Å². The van der Waals surface area contributed by atoms with Crippen molar-refractivity contribution in [2.75, 3.05) is 13.1 Å². The largest absolute Gasteiger partial charge is 0.317 e. The molecule has 0 aromatic heterocycles. The summed E-state index contributed by atoms with van der Waals surface area (Å²) < 4.78 is 0. The van der Waals surface area contributed by atoms with Gasteiger partial charge in [-0.25, -0.2) is 0 Å². The van der Waals surface area contributed by atoms with Crippen LogP contribution in [0.1, 0.15) is 58.3 Å². The maximum absolute atomic E-state index is 3.89. The molecule has 16 heavy (non-hydrogen) atoms. The van der Waals surface area contributed by atoms with Crippen LogP contribution in [0.25, 0.3) is 0 Å². The zero-order valence-electron chi connectivity index (χ0n) is 10.8. The average Bonchev–Trinajstić information content (AvgIpc) is 2.59. The van der Waals surface area contributed by atoms with Crippen molar-refractivity contribution < 1.29 is 0 Å². The van der Waals surface area contributed by atoms with E-state index in [2.05, 4.69) is 17.6 Å². The summed E-state index contributed by atoms with van der Waals surface area (Å²) >= 11 is 0. The molecule has 1 heterocycles. The summed E-state index contributed by atoms with van der Waals surface area (Å²) in [6.07, 6.45) is 11.3. The minimum atomic E-state index is 0.739. The lowest BCUT2D eigenvalue weighted by molar-refractivity contribution is 0.258. The molecule has 2 rings (SSSR count). The minimum absolute atomic E-state index is 0.739. The summed E-state index contributed by atoms with van der Waals surface area (Å²) in [6.45, 7) is 4.83. The van der Waals surface area contributed by atoms with Gasteiger partial charge in [0.15, 0.2) is 0 Å². The Hall–Kier alpha value is -0.0800. The van der Waals surface area contributed by atoms with Crippen LogP contribution in [0, 0.1) is 5.92 Å². The van der Waals surface area contributed by atoms with Crippen LogP contribution in [-0.2, 0) is 0 Å². The summed E-state index contributed by atoms with van der Waals surface area (Å²) in [5.74, 6) is 0.949. The van der Waals surface area contributed by atoms with E-state index in [4.69, 9.17) is 0 Å². The zero-order valence-corrected chi connectivity index (χ0v) is 10.8. The summed E-state index contributed by atoms with van der Waals surface area (Å²) in [5, 5.41) is 7.38. The monoisotopic (exact) mass is 224 g/mol. The fourth-order valence-corrected chi connectivity index (χ4v) is 3.33. The van der Waals surface area contributed by atoms with Gasteiger partial charge in [-0.2, -0.15) is 0 Å². The number of hydrogen-bond acceptors (Lipinski definition) is 2. The third kappa shape index (κ3) is 3.74. The molecule has 0 spiro atoms. The van der Waals surface area contributed by atoms with E-state index in [-0.39, 0.29) is 0 Å². The highest BCUT2D eigenvalue weighted by molar-refractivity contribution is 4.81. The van der Waals surface area contributed by atoms with Gasteiger partial charge in [0.1, 0.15) is 0 Å². The number of nitrogens with one attached hydrogen (secondary N) is 2. The van der Waals surface area contributed by atoms with Crippen LogP contribution >= 0.6 is 0 Å². The summed E-state index contributed by atoms with van der Waals surface area (Å²) in [4.78, 5) is 0. The van der Waals surface area contributed by atoms with E-state index in [1.807, 2.05) is 0 Å². The SMILES string of the molecule is C[C@@H](NC1CCCNCC1)C1CCCCC1. The highest BCUT2D eigenvalue weighted by Gasteiger charge is 2.22. The normalized spacial score (nSPS) is 30.9. The van der Waals surface area contributed by atoms with Crippen LogP contribution < -0.4 is 10.6 Å². The molecule has 2 atom stereocenters. The van der Waals surface area contributed by atoms with E-state index in [9.17, 15) is 0 Å². The van der Waals surface area contributed by atoms with Crippen LogP contribution in [0.15, 0.2) is 0 Å². The van der Waals surface area contributed by atoms with Crippen molar-refractivity contribution in [1.82, 2.24) is 10.6 Å². The summed E-state index contributed by atoms with van der Waals surface area (Å²) in [5.41, 5.74) is 0. The van der Waals surface area contributed by atoms with E-state index in [1.54, 1.807) is 0 Å². The Morgan fingerprint density at radius 3 is 2.56 bits per heavy atom. The van der Waals surface area contributed by atoms with Crippen molar-refractivity contribution in [1.29, 1.82) is 0 Å². The van der Waals surface area contributed by atoms with Gasteiger partial charge in [0.05, 0.1) is 0 Å². The van der Waals surface area contributed by atoms with E-state index in [0.29, 0.717) is 0 Å². The van der Waals surface area contributed by atoms with Crippen molar-refractivity contribution in [2.45, 2.75) is 70.4 Å². The lowest BCUT2D eigenvalue weighted by Gasteiger charge is -2.31. The minimum Gasteiger partial charge on any atom is -0.317 e. The molecule has 2 aliphatic rings. The fourth-order valence-electron chi connectivity index (χ4n) is 3.33. The van der Waals surface area contributed by atoms with Crippen molar-refractivity contribution in [2.24, 2.45) is 5.92 Å². The Labute approximate surface area is 101 Å². The fraction of sp³-hybridized carbons (Fsp3) is 1.00. The molecule has 0 aromatic rings. The molecule has 2 fully saturated rings. The molecule has 2 N–H and O–H groups in total. The number of rotatable bonds is 3. The second kappa shape index (κ2) is 6.61. The highest BCUT2D eigenvalue weighted by Crippen LogP contribution is 2.26. The second-order valence-corrected chi connectivity index (χ2v) is 5.73. The van der Waals surface area contributed by atoms with Crippen molar-refractivity contribution in [3.05, 3.63) is 0 Å². The molecule has 94 valence electrons. The standard InChI is InChI=1S/C14H28N2/c1-12(13-6-3-2-4-7-13)16-14-8-5-10-15-11-9-14/h12-16H,2-11H2,1H3/t12-,14?/m1/s1. The van der Waals surface area contributed by atoms with Gasteiger partial charge in [-0.05, 0) is 58.0 Å². The van der Waals surface area contributed by atoms with Crippen LogP contribution in [0.4, 0.5) is 0 Å². The third-order valence-corrected chi connectivity index (χ3v) is 4.43. The van der Waals surface area contributed by atoms with E-state index in [1.165, 1.54) is 64.5 Å². The van der Waals surface area contributed by atoms with Crippen LogP contribution in [0.2, 0.25) is 0 Å². The first-order chi connectivity index (χ1) is 7.86. The van der Waals surface area contributed by atoms with Crippen LogP contribution in [0.3, 0.4) is 0 Å². The van der Waals surface area contributed by atoms with Gasteiger partial charge in [-0.1, -0.05) is 19.3 Å². The maximum atomic E-state index is 3.89. The molecule has 1 aliphatic heterocycles. The first-order valence-electron chi connectivity index (χ1n) is 7.33. The zero-order chi connectivity index (χ0) is 11.2. The third-order valence-electron chi connectivity index (χ3n) is 4.43. The highest BCUT2D eigenvalue weighted by atomic mass is 15.0. The number of hydrogen-bond donors (Lipinski definition) is 2. The second-order valence-electron chi connectivity index (χ2n) is 5.73. The molecule has 1 saturated carbocycles. The van der Waals surface area contributed by atoms with Gasteiger partial charge in [-0.3, -0.25) is 0 Å². The molecule has 0 amide bonds. The average molecular weight is 224 g/mol. The predicted molar refractivity (Wildman–Crippen MR) is 69.7 cm³/mol. The quantitative estimate of drug-likeness (QED) is 0.770. The Balaban J connectivity index is 1.73. The molecule has 0 aromatic carbocycles.